The zero-order valence-corrected chi connectivity index (χ0v) is 11.2. The molecule has 0 saturated carbocycles. The third-order valence-corrected chi connectivity index (χ3v) is 4.28. The van der Waals surface area contributed by atoms with Crippen molar-refractivity contribution < 1.29 is 4.79 Å². The molecule has 2 aromatic rings. The van der Waals surface area contributed by atoms with E-state index < -0.39 is 0 Å². The number of hydrogen-bond acceptors (Lipinski definition) is 2. The largest absolute Gasteiger partial charge is 0.298 e. The van der Waals surface area contributed by atoms with Gasteiger partial charge in [0.15, 0.2) is 6.29 Å². The Morgan fingerprint density at radius 2 is 1.82 bits per heavy atom. The van der Waals surface area contributed by atoms with Crippen LogP contribution in [-0.4, -0.2) is 6.29 Å². The van der Waals surface area contributed by atoms with Crippen LogP contribution in [0.1, 0.15) is 39.9 Å². The van der Waals surface area contributed by atoms with E-state index in [9.17, 15) is 4.79 Å². The fraction of sp³-hybridized carbons (Fsp3) is 0.267. The summed E-state index contributed by atoms with van der Waals surface area (Å²) < 4.78 is 0. The average molecular weight is 244 g/mol. The first kappa shape index (κ1) is 12.1. The van der Waals surface area contributed by atoms with Crippen molar-refractivity contribution in [3.8, 4) is 11.1 Å². The van der Waals surface area contributed by atoms with Crippen LogP contribution < -0.4 is 0 Å². The number of carbonyl (C=O) groups is 1. The van der Waals surface area contributed by atoms with Gasteiger partial charge in [-0.2, -0.15) is 0 Å². The summed E-state index contributed by atoms with van der Waals surface area (Å²) in [6, 6.07) is 10.1. The molecule has 0 saturated heterocycles. The van der Waals surface area contributed by atoms with Crippen molar-refractivity contribution in [1.29, 1.82) is 0 Å². The summed E-state index contributed by atoms with van der Waals surface area (Å²) in [6.45, 7) is 6.35. The van der Waals surface area contributed by atoms with Crippen molar-refractivity contribution in [2.24, 2.45) is 0 Å². The number of benzene rings is 1. The summed E-state index contributed by atoms with van der Waals surface area (Å²) >= 11 is 1.74. The molecule has 0 unspecified atom stereocenters. The van der Waals surface area contributed by atoms with Crippen LogP contribution in [0.2, 0.25) is 0 Å². The molecule has 1 aromatic carbocycles. The first-order valence-corrected chi connectivity index (χ1v) is 6.60. The van der Waals surface area contributed by atoms with Crippen molar-refractivity contribution >= 4 is 17.6 Å². The minimum absolute atomic E-state index is 0.399. The maximum atomic E-state index is 11.3. The Balaban J connectivity index is 2.66. The molecule has 0 amide bonds. The molecular formula is C15H16OS. The highest BCUT2D eigenvalue weighted by molar-refractivity contribution is 7.13. The fourth-order valence-electron chi connectivity index (χ4n) is 2.09. The lowest BCUT2D eigenvalue weighted by molar-refractivity contribution is 0.112. The van der Waals surface area contributed by atoms with Crippen molar-refractivity contribution in [2.75, 3.05) is 0 Å². The molecule has 0 N–H and O–H groups in total. The second kappa shape index (κ2) is 4.84. The Bertz CT molecular complexity index is 523. The predicted octanol–water partition coefficient (Wildman–Crippen LogP) is 4.66. The topological polar surface area (TPSA) is 17.1 Å². The lowest BCUT2D eigenvalue weighted by atomic mass is 9.98. The molecule has 17 heavy (non-hydrogen) atoms. The minimum atomic E-state index is 0.399. The highest BCUT2D eigenvalue weighted by Crippen LogP contribution is 2.38. The zero-order chi connectivity index (χ0) is 12.4. The van der Waals surface area contributed by atoms with Crippen LogP contribution in [0.15, 0.2) is 30.3 Å². The molecule has 88 valence electrons. The van der Waals surface area contributed by atoms with E-state index in [1.165, 1.54) is 9.75 Å². The minimum Gasteiger partial charge on any atom is -0.298 e. The normalized spacial score (nSPS) is 10.8. The number of thiophene rings is 1. The Kier molecular flexibility index (Phi) is 3.43. The van der Waals surface area contributed by atoms with E-state index in [2.05, 4.69) is 32.9 Å². The first-order chi connectivity index (χ1) is 8.15. The van der Waals surface area contributed by atoms with Crippen LogP contribution in [0, 0.1) is 6.92 Å². The van der Waals surface area contributed by atoms with Crippen LogP contribution in [-0.2, 0) is 0 Å². The smallest absolute Gasteiger partial charge is 0.151 e. The summed E-state index contributed by atoms with van der Waals surface area (Å²) in [7, 11) is 0. The van der Waals surface area contributed by atoms with Gasteiger partial charge in [0, 0.05) is 20.9 Å². The Hall–Kier alpha value is -1.41. The van der Waals surface area contributed by atoms with E-state index in [-0.39, 0.29) is 0 Å². The van der Waals surface area contributed by atoms with Crippen LogP contribution in [0.4, 0.5) is 0 Å². The highest BCUT2D eigenvalue weighted by Gasteiger charge is 2.18. The Morgan fingerprint density at radius 1 is 1.18 bits per heavy atom. The number of rotatable bonds is 3. The molecule has 1 aromatic heterocycles. The Labute approximate surface area is 106 Å². The standard InChI is InChI=1S/C15H16OS/c1-10(2)15-13(9-16)14(11(3)17-15)12-7-5-4-6-8-12/h4-10H,1-3H3. The van der Waals surface area contributed by atoms with Gasteiger partial charge in [-0.15, -0.1) is 11.3 Å². The second-order valence-electron chi connectivity index (χ2n) is 4.45. The van der Waals surface area contributed by atoms with Gasteiger partial charge in [0.2, 0.25) is 0 Å². The quantitative estimate of drug-likeness (QED) is 0.718. The molecule has 0 aliphatic rings. The first-order valence-electron chi connectivity index (χ1n) is 5.79. The van der Waals surface area contributed by atoms with Gasteiger partial charge in [0.1, 0.15) is 0 Å². The molecule has 0 aliphatic carbocycles. The van der Waals surface area contributed by atoms with Crippen molar-refractivity contribution in [2.45, 2.75) is 26.7 Å². The zero-order valence-electron chi connectivity index (χ0n) is 10.4. The molecular weight excluding hydrogens is 228 g/mol. The fourth-order valence-corrected chi connectivity index (χ4v) is 3.25. The molecule has 2 rings (SSSR count). The molecule has 1 nitrogen and oxygen atoms in total. The number of carbonyl (C=O) groups excluding carboxylic acids is 1. The van der Waals surface area contributed by atoms with E-state index in [0.717, 1.165) is 23.0 Å². The van der Waals surface area contributed by atoms with Crippen LogP contribution in [0.5, 0.6) is 0 Å². The number of aryl methyl sites for hydroxylation is 1. The maximum absolute atomic E-state index is 11.3. The second-order valence-corrected chi connectivity index (χ2v) is 5.71. The predicted molar refractivity (Wildman–Crippen MR) is 74.0 cm³/mol. The van der Waals surface area contributed by atoms with Gasteiger partial charge in [-0.25, -0.2) is 0 Å². The van der Waals surface area contributed by atoms with E-state index in [4.69, 9.17) is 0 Å². The SMILES string of the molecule is Cc1sc(C(C)C)c(C=O)c1-c1ccccc1. The summed E-state index contributed by atoms with van der Waals surface area (Å²) in [5.74, 6) is 0.399. The molecule has 0 atom stereocenters. The average Bonchev–Trinajstić information content (AvgIpc) is 2.67. The van der Waals surface area contributed by atoms with E-state index in [1.54, 1.807) is 11.3 Å². The summed E-state index contributed by atoms with van der Waals surface area (Å²) in [4.78, 5) is 13.8. The van der Waals surface area contributed by atoms with Crippen LogP contribution in [0.25, 0.3) is 11.1 Å². The molecule has 2 heteroatoms. The highest BCUT2D eigenvalue weighted by atomic mass is 32.1. The molecule has 0 aliphatic heterocycles. The van der Waals surface area contributed by atoms with Gasteiger partial charge in [-0.1, -0.05) is 44.2 Å². The monoisotopic (exact) mass is 244 g/mol. The summed E-state index contributed by atoms with van der Waals surface area (Å²) in [5, 5.41) is 0. The van der Waals surface area contributed by atoms with Crippen LogP contribution in [0.3, 0.4) is 0 Å². The van der Waals surface area contributed by atoms with Crippen molar-refractivity contribution in [3.63, 3.8) is 0 Å². The summed E-state index contributed by atoms with van der Waals surface area (Å²) in [6.07, 6.45) is 1.00. The summed E-state index contributed by atoms with van der Waals surface area (Å²) in [5.41, 5.74) is 3.11. The van der Waals surface area contributed by atoms with Gasteiger partial charge in [-0.3, -0.25) is 4.79 Å². The lowest BCUT2D eigenvalue weighted by Crippen LogP contribution is -1.91. The van der Waals surface area contributed by atoms with Gasteiger partial charge < -0.3 is 0 Å². The van der Waals surface area contributed by atoms with Crippen LogP contribution >= 0.6 is 11.3 Å². The van der Waals surface area contributed by atoms with Crippen molar-refractivity contribution in [1.82, 2.24) is 0 Å². The Morgan fingerprint density at radius 3 is 2.35 bits per heavy atom. The van der Waals surface area contributed by atoms with Gasteiger partial charge in [0.05, 0.1) is 0 Å². The van der Waals surface area contributed by atoms with Gasteiger partial charge in [0.25, 0.3) is 0 Å². The molecule has 0 fully saturated rings. The molecule has 0 spiro atoms. The van der Waals surface area contributed by atoms with E-state index in [0.29, 0.717) is 5.92 Å². The van der Waals surface area contributed by atoms with Gasteiger partial charge >= 0.3 is 0 Å². The molecule has 1 heterocycles. The van der Waals surface area contributed by atoms with E-state index in [1.807, 2.05) is 18.2 Å². The number of hydrogen-bond donors (Lipinski definition) is 0. The maximum Gasteiger partial charge on any atom is 0.151 e. The lowest BCUT2D eigenvalue weighted by Gasteiger charge is -2.04. The molecule has 0 radical (unpaired) electrons. The van der Waals surface area contributed by atoms with Crippen molar-refractivity contribution in [3.05, 3.63) is 45.6 Å². The third kappa shape index (κ3) is 2.18. The number of aldehydes is 1. The molecule has 0 bridgehead atoms. The third-order valence-electron chi connectivity index (χ3n) is 2.85. The van der Waals surface area contributed by atoms with E-state index >= 15 is 0 Å². The van der Waals surface area contributed by atoms with Gasteiger partial charge in [-0.05, 0) is 18.4 Å².